The molecule has 0 spiro atoms. The summed E-state index contributed by atoms with van der Waals surface area (Å²) in [4.78, 5) is 28.9. The van der Waals surface area contributed by atoms with Gasteiger partial charge in [0.2, 0.25) is 0 Å². The number of anilines is 1. The first kappa shape index (κ1) is 20.2. The number of nitrogens with one attached hydrogen (secondary N) is 2. The van der Waals surface area contributed by atoms with Crippen LogP contribution in [-0.2, 0) is 11.3 Å². The standard InChI is InChI=1S/C20H15ClF3N3O3/c1-27(20(29)25-9-2-3-12(21)13(22)4-9)17-8-30-7-16-18(17)10-5-14(23)15(24)6-11(10)19(28)26-16/h2-6,17H,7-8H2,1H3,(H,25,29)(H,26,28)/t17-/m1/s1. The van der Waals surface area contributed by atoms with Gasteiger partial charge in [-0.3, -0.25) is 4.79 Å². The molecule has 4 rings (SSSR count). The number of carbonyl (C=O) groups is 1. The summed E-state index contributed by atoms with van der Waals surface area (Å²) in [5.41, 5.74) is 0.419. The van der Waals surface area contributed by atoms with Crippen LogP contribution in [0.5, 0.6) is 0 Å². The lowest BCUT2D eigenvalue weighted by atomic mass is 9.95. The molecule has 0 saturated carbocycles. The van der Waals surface area contributed by atoms with E-state index in [2.05, 4.69) is 10.3 Å². The van der Waals surface area contributed by atoms with Gasteiger partial charge in [-0.2, -0.15) is 0 Å². The normalized spacial score (nSPS) is 15.7. The molecule has 2 aromatic carbocycles. The van der Waals surface area contributed by atoms with Crippen LogP contribution in [0.25, 0.3) is 10.8 Å². The van der Waals surface area contributed by atoms with Crippen molar-refractivity contribution in [2.24, 2.45) is 0 Å². The van der Waals surface area contributed by atoms with Crippen LogP contribution < -0.4 is 10.9 Å². The van der Waals surface area contributed by atoms with Gasteiger partial charge < -0.3 is 19.9 Å². The average molecular weight is 438 g/mol. The number of hydrogen-bond donors (Lipinski definition) is 2. The number of likely N-dealkylation sites (N-methyl/N-ethyl adjacent to an activating group) is 1. The summed E-state index contributed by atoms with van der Waals surface area (Å²) in [5.74, 6) is -2.94. The molecule has 10 heteroatoms. The number of H-pyrrole nitrogens is 1. The van der Waals surface area contributed by atoms with Crippen molar-refractivity contribution in [3.63, 3.8) is 0 Å². The number of benzene rings is 2. The molecule has 3 aromatic rings. The first-order valence-corrected chi connectivity index (χ1v) is 9.24. The lowest BCUT2D eigenvalue weighted by Crippen LogP contribution is -2.39. The second-order valence-corrected chi connectivity index (χ2v) is 7.27. The Bertz CT molecular complexity index is 1230. The molecule has 0 radical (unpaired) electrons. The fourth-order valence-corrected chi connectivity index (χ4v) is 3.59. The van der Waals surface area contributed by atoms with Crippen molar-refractivity contribution in [2.45, 2.75) is 12.6 Å². The predicted molar refractivity (Wildman–Crippen MR) is 105 cm³/mol. The molecule has 156 valence electrons. The number of halogens is 4. The zero-order valence-corrected chi connectivity index (χ0v) is 16.3. The Labute approximate surface area is 173 Å². The van der Waals surface area contributed by atoms with Crippen LogP contribution in [0.15, 0.2) is 35.1 Å². The van der Waals surface area contributed by atoms with Crippen molar-refractivity contribution in [3.8, 4) is 0 Å². The quantitative estimate of drug-likeness (QED) is 0.626. The molecule has 1 aliphatic heterocycles. The summed E-state index contributed by atoms with van der Waals surface area (Å²) in [6, 6.07) is 4.28. The summed E-state index contributed by atoms with van der Waals surface area (Å²) in [7, 11) is 1.47. The maximum Gasteiger partial charge on any atom is 0.322 e. The highest BCUT2D eigenvalue weighted by atomic mass is 35.5. The first-order chi connectivity index (χ1) is 14.3. The molecule has 2 amide bonds. The summed E-state index contributed by atoms with van der Waals surface area (Å²) in [6.45, 7) is 0.111. The Balaban J connectivity index is 1.73. The number of aromatic nitrogens is 1. The number of fused-ring (bicyclic) bond motifs is 3. The average Bonchev–Trinajstić information content (AvgIpc) is 2.71. The van der Waals surface area contributed by atoms with Crippen molar-refractivity contribution in [3.05, 3.63) is 74.4 Å². The summed E-state index contributed by atoms with van der Waals surface area (Å²) in [6.07, 6.45) is 0. The number of pyridine rings is 1. The zero-order valence-electron chi connectivity index (χ0n) is 15.6. The summed E-state index contributed by atoms with van der Waals surface area (Å²) in [5, 5.41) is 2.62. The Hall–Kier alpha value is -3.04. The highest BCUT2D eigenvalue weighted by Crippen LogP contribution is 2.34. The Morgan fingerprint density at radius 3 is 2.57 bits per heavy atom. The molecule has 1 atom stereocenters. The zero-order chi connectivity index (χ0) is 21.6. The summed E-state index contributed by atoms with van der Waals surface area (Å²) >= 11 is 5.65. The highest BCUT2D eigenvalue weighted by Gasteiger charge is 2.31. The van der Waals surface area contributed by atoms with Crippen molar-refractivity contribution in [1.82, 2.24) is 9.88 Å². The molecule has 2 heterocycles. The van der Waals surface area contributed by atoms with Crippen LogP contribution in [-0.4, -0.2) is 29.6 Å². The molecule has 0 bridgehead atoms. The molecule has 2 N–H and O–H groups in total. The number of aromatic amines is 1. The number of hydrogen-bond acceptors (Lipinski definition) is 3. The fraction of sp³-hybridized carbons (Fsp3) is 0.200. The van der Waals surface area contributed by atoms with E-state index in [0.717, 1.165) is 18.2 Å². The van der Waals surface area contributed by atoms with Gasteiger partial charge in [0.15, 0.2) is 11.6 Å². The van der Waals surface area contributed by atoms with Gasteiger partial charge >= 0.3 is 6.03 Å². The van der Waals surface area contributed by atoms with Crippen molar-refractivity contribution < 1.29 is 22.7 Å². The molecular formula is C20H15ClF3N3O3. The number of amides is 2. The van der Waals surface area contributed by atoms with E-state index in [1.807, 2.05) is 0 Å². The number of nitrogens with zero attached hydrogens (tertiary/aromatic N) is 1. The minimum Gasteiger partial charge on any atom is -0.373 e. The molecule has 0 fully saturated rings. The topological polar surface area (TPSA) is 74.4 Å². The van der Waals surface area contributed by atoms with Gasteiger partial charge in [-0.05, 0) is 35.7 Å². The van der Waals surface area contributed by atoms with E-state index < -0.39 is 35.1 Å². The molecule has 6 nitrogen and oxygen atoms in total. The minimum atomic E-state index is -1.15. The van der Waals surface area contributed by atoms with Crippen LogP contribution in [0.2, 0.25) is 5.02 Å². The van der Waals surface area contributed by atoms with E-state index in [-0.39, 0.29) is 34.7 Å². The SMILES string of the molecule is CN(C(=O)Nc1ccc(Cl)c(F)c1)[C@@H]1COCc2[nH]c(=O)c3cc(F)c(F)cc3c21. The molecule has 0 unspecified atom stereocenters. The molecule has 1 aliphatic rings. The molecule has 1 aromatic heterocycles. The highest BCUT2D eigenvalue weighted by molar-refractivity contribution is 6.30. The van der Waals surface area contributed by atoms with Crippen molar-refractivity contribution in [2.75, 3.05) is 19.0 Å². The maximum atomic E-state index is 13.9. The second kappa shape index (κ2) is 7.66. The fourth-order valence-electron chi connectivity index (χ4n) is 3.47. The largest absolute Gasteiger partial charge is 0.373 e. The van der Waals surface area contributed by atoms with E-state index in [4.69, 9.17) is 16.3 Å². The van der Waals surface area contributed by atoms with Gasteiger partial charge in [-0.25, -0.2) is 18.0 Å². The smallest absolute Gasteiger partial charge is 0.322 e. The monoisotopic (exact) mass is 437 g/mol. The lowest BCUT2D eigenvalue weighted by molar-refractivity contribution is 0.0527. The molecule has 0 saturated heterocycles. The molecule has 30 heavy (non-hydrogen) atoms. The van der Waals surface area contributed by atoms with E-state index in [0.29, 0.717) is 11.3 Å². The first-order valence-electron chi connectivity index (χ1n) is 8.86. The van der Waals surface area contributed by atoms with Crippen LogP contribution >= 0.6 is 11.6 Å². The number of carbonyl (C=O) groups excluding carboxylic acids is 1. The van der Waals surface area contributed by atoms with Gasteiger partial charge in [0.05, 0.1) is 29.7 Å². The van der Waals surface area contributed by atoms with Gasteiger partial charge in [0.1, 0.15) is 5.82 Å². The number of urea groups is 1. The van der Waals surface area contributed by atoms with Gasteiger partial charge in [0.25, 0.3) is 5.56 Å². The van der Waals surface area contributed by atoms with Crippen LogP contribution in [0.4, 0.5) is 23.7 Å². The van der Waals surface area contributed by atoms with Crippen molar-refractivity contribution >= 4 is 34.1 Å². The Morgan fingerprint density at radius 1 is 1.17 bits per heavy atom. The number of rotatable bonds is 2. The van der Waals surface area contributed by atoms with Gasteiger partial charge in [-0.1, -0.05) is 11.6 Å². The van der Waals surface area contributed by atoms with Gasteiger partial charge in [-0.15, -0.1) is 0 Å². The third-order valence-electron chi connectivity index (χ3n) is 5.00. The second-order valence-electron chi connectivity index (χ2n) is 6.86. The lowest BCUT2D eigenvalue weighted by Gasteiger charge is -2.33. The van der Waals surface area contributed by atoms with Gasteiger partial charge in [0, 0.05) is 24.0 Å². The third-order valence-corrected chi connectivity index (χ3v) is 5.31. The van der Waals surface area contributed by atoms with Crippen molar-refractivity contribution in [1.29, 1.82) is 0 Å². The Morgan fingerprint density at radius 2 is 1.87 bits per heavy atom. The number of ether oxygens (including phenoxy) is 1. The maximum absolute atomic E-state index is 13.9. The van der Waals surface area contributed by atoms with E-state index in [9.17, 15) is 22.8 Å². The third kappa shape index (κ3) is 3.50. The molecular weight excluding hydrogens is 423 g/mol. The van der Waals surface area contributed by atoms with E-state index in [1.165, 1.54) is 24.1 Å². The minimum absolute atomic E-state index is 0.0341. The van der Waals surface area contributed by atoms with Crippen LogP contribution in [0, 0.1) is 17.5 Å². The van der Waals surface area contributed by atoms with Crippen LogP contribution in [0.3, 0.4) is 0 Å². The predicted octanol–water partition coefficient (Wildman–Crippen LogP) is 4.33. The van der Waals surface area contributed by atoms with E-state index in [1.54, 1.807) is 0 Å². The van der Waals surface area contributed by atoms with E-state index >= 15 is 0 Å². The summed E-state index contributed by atoms with van der Waals surface area (Å²) < 4.78 is 46.8. The van der Waals surface area contributed by atoms with Crippen LogP contribution in [0.1, 0.15) is 17.3 Å². The molecule has 0 aliphatic carbocycles. The Kier molecular flexibility index (Phi) is 5.17.